The fourth-order valence-electron chi connectivity index (χ4n) is 2.46. The Morgan fingerprint density at radius 2 is 1.48 bits per heavy atom. The molecule has 0 unspecified atom stereocenters. The Kier molecular flexibility index (Phi) is 6.00. The molecule has 0 saturated carbocycles. The summed E-state index contributed by atoms with van der Waals surface area (Å²) in [5, 5.41) is 3.29. The highest BCUT2D eigenvalue weighted by Crippen LogP contribution is 2.32. The Morgan fingerprint density at radius 3 is 2.04 bits per heavy atom. The zero-order valence-electron chi connectivity index (χ0n) is 13.8. The molecule has 0 aliphatic carbocycles. The summed E-state index contributed by atoms with van der Waals surface area (Å²) in [5.74, 6) is 0. The minimum absolute atomic E-state index is 0.557. The maximum Gasteiger partial charge on any atom is 0.140 e. The molecular formula is C19H21Cl2N2+. The molecule has 2 aromatic carbocycles. The molecule has 23 heavy (non-hydrogen) atoms. The average molecular weight is 348 g/mol. The van der Waals surface area contributed by atoms with E-state index in [4.69, 9.17) is 23.2 Å². The number of aryl methyl sites for hydroxylation is 2. The number of benzene rings is 2. The standard InChI is InChI=1S/C19H20Cl2N2/c1-12-7-5-8-13(2)18(12)22-14(3)11-15(4)23-19-16(20)9-6-10-17(19)21/h5-11,22H,1-4H3/p+1/b14-11-,23-15?. The molecular weight excluding hydrogens is 327 g/mol. The van der Waals surface area contributed by atoms with E-state index in [0.717, 1.165) is 11.4 Å². The lowest BCUT2D eigenvalue weighted by Crippen LogP contribution is -2.75. The van der Waals surface area contributed by atoms with Crippen molar-refractivity contribution in [2.75, 3.05) is 0 Å². The summed E-state index contributed by atoms with van der Waals surface area (Å²) in [5.41, 5.74) is 6.39. The van der Waals surface area contributed by atoms with Gasteiger partial charge in [0.25, 0.3) is 0 Å². The van der Waals surface area contributed by atoms with Gasteiger partial charge in [-0.05, 0) is 32.9 Å². The van der Waals surface area contributed by atoms with E-state index in [1.807, 2.05) is 19.1 Å². The summed E-state index contributed by atoms with van der Waals surface area (Å²) in [6, 6.07) is 11.7. The summed E-state index contributed by atoms with van der Waals surface area (Å²) >= 11 is 12.3. The molecule has 0 aliphatic rings. The van der Waals surface area contributed by atoms with Gasteiger partial charge in [0.2, 0.25) is 0 Å². The highest BCUT2D eigenvalue weighted by molar-refractivity contribution is 6.38. The Hall–Kier alpha value is -1.61. The topological polar surface area (TPSA) is 29.0 Å². The minimum atomic E-state index is 0.557. The summed E-state index contributed by atoms with van der Waals surface area (Å²) < 4.78 is 0. The number of nitrogens with two attached hydrogens (primary N) is 1. The molecule has 0 aliphatic heterocycles. The molecule has 0 heterocycles. The molecule has 120 valence electrons. The molecule has 0 atom stereocenters. The quantitative estimate of drug-likeness (QED) is 0.558. The first-order valence-electron chi connectivity index (χ1n) is 7.47. The van der Waals surface area contributed by atoms with Crippen LogP contribution >= 0.6 is 23.2 Å². The van der Waals surface area contributed by atoms with Crippen molar-refractivity contribution in [1.29, 1.82) is 0 Å². The number of para-hydroxylation sites is 2. The van der Waals surface area contributed by atoms with Crippen LogP contribution < -0.4 is 5.32 Å². The molecule has 2 aromatic rings. The largest absolute Gasteiger partial charge is 0.285 e. The number of nitrogens with zero attached hydrogens (tertiary/aromatic N) is 1. The number of halogens is 2. The molecule has 2 rings (SSSR count). The first kappa shape index (κ1) is 17.7. The Morgan fingerprint density at radius 1 is 0.957 bits per heavy atom. The van der Waals surface area contributed by atoms with Crippen LogP contribution in [0.3, 0.4) is 0 Å². The lowest BCUT2D eigenvalue weighted by atomic mass is 10.1. The third-order valence-corrected chi connectivity index (χ3v) is 4.19. The summed E-state index contributed by atoms with van der Waals surface area (Å²) in [6.45, 7) is 8.26. The van der Waals surface area contributed by atoms with Gasteiger partial charge in [0.05, 0.1) is 10.0 Å². The fraction of sp³-hybridized carbons (Fsp3) is 0.211. The second kappa shape index (κ2) is 7.78. The third kappa shape index (κ3) is 4.68. The molecule has 0 fully saturated rings. The van der Waals surface area contributed by atoms with E-state index in [0.29, 0.717) is 15.7 Å². The van der Waals surface area contributed by atoms with E-state index in [9.17, 15) is 0 Å². The highest BCUT2D eigenvalue weighted by atomic mass is 35.5. The molecule has 0 aromatic heterocycles. The van der Waals surface area contributed by atoms with Gasteiger partial charge in [-0.25, -0.2) is 0 Å². The van der Waals surface area contributed by atoms with Crippen LogP contribution in [0, 0.1) is 13.8 Å². The minimum Gasteiger partial charge on any atom is -0.285 e. The van der Waals surface area contributed by atoms with E-state index in [2.05, 4.69) is 49.3 Å². The summed E-state index contributed by atoms with van der Waals surface area (Å²) in [4.78, 5) is 4.54. The van der Waals surface area contributed by atoms with Gasteiger partial charge in [0.1, 0.15) is 17.1 Å². The van der Waals surface area contributed by atoms with Crippen molar-refractivity contribution in [1.82, 2.24) is 0 Å². The highest BCUT2D eigenvalue weighted by Gasteiger charge is 2.08. The van der Waals surface area contributed by atoms with E-state index in [-0.39, 0.29) is 0 Å². The summed E-state index contributed by atoms with van der Waals surface area (Å²) in [7, 11) is 0. The number of allylic oxidation sites excluding steroid dienone is 2. The third-order valence-electron chi connectivity index (χ3n) is 3.58. The van der Waals surface area contributed by atoms with Gasteiger partial charge < -0.3 is 0 Å². The number of rotatable bonds is 4. The Balaban J connectivity index is 2.25. The SMILES string of the molecule is CC(/C=C(/C)[NH2+]c1c(C)cccc1C)=Nc1c(Cl)cccc1Cl. The zero-order valence-corrected chi connectivity index (χ0v) is 15.3. The van der Waals surface area contributed by atoms with Gasteiger partial charge in [-0.2, -0.15) is 0 Å². The van der Waals surface area contributed by atoms with Crippen molar-refractivity contribution in [3.05, 3.63) is 69.3 Å². The lowest BCUT2D eigenvalue weighted by molar-refractivity contribution is -0.518. The second-order valence-corrected chi connectivity index (χ2v) is 6.48. The van der Waals surface area contributed by atoms with Crippen LogP contribution in [0.15, 0.2) is 53.2 Å². The molecule has 0 amide bonds. The molecule has 4 heteroatoms. The van der Waals surface area contributed by atoms with Crippen molar-refractivity contribution >= 4 is 40.3 Å². The lowest BCUT2D eigenvalue weighted by Gasteiger charge is -2.07. The van der Waals surface area contributed by atoms with Crippen LogP contribution in [0.2, 0.25) is 10.0 Å². The van der Waals surface area contributed by atoms with Crippen molar-refractivity contribution in [2.45, 2.75) is 27.7 Å². The first-order chi connectivity index (χ1) is 10.9. The predicted octanol–water partition coefficient (Wildman–Crippen LogP) is 5.50. The maximum absolute atomic E-state index is 6.16. The zero-order chi connectivity index (χ0) is 17.0. The monoisotopic (exact) mass is 347 g/mol. The number of hydrogen-bond donors (Lipinski definition) is 1. The fourth-order valence-corrected chi connectivity index (χ4v) is 2.94. The van der Waals surface area contributed by atoms with Gasteiger partial charge in [-0.15, -0.1) is 0 Å². The van der Waals surface area contributed by atoms with Gasteiger partial charge >= 0.3 is 0 Å². The van der Waals surface area contributed by atoms with Crippen molar-refractivity contribution in [3.63, 3.8) is 0 Å². The molecule has 2 nitrogen and oxygen atoms in total. The predicted molar refractivity (Wildman–Crippen MR) is 100 cm³/mol. The Bertz CT molecular complexity index is 736. The average Bonchev–Trinajstić information content (AvgIpc) is 2.47. The molecule has 2 N–H and O–H groups in total. The number of quaternary nitrogens is 1. The first-order valence-corrected chi connectivity index (χ1v) is 8.22. The van der Waals surface area contributed by atoms with Gasteiger partial charge in [-0.3, -0.25) is 10.3 Å². The van der Waals surface area contributed by atoms with Crippen LogP contribution in [-0.4, -0.2) is 5.71 Å². The van der Waals surface area contributed by atoms with Crippen LogP contribution in [0.4, 0.5) is 11.4 Å². The van der Waals surface area contributed by atoms with Crippen LogP contribution in [0.25, 0.3) is 0 Å². The van der Waals surface area contributed by atoms with E-state index in [1.165, 1.54) is 16.8 Å². The smallest absolute Gasteiger partial charge is 0.140 e. The van der Waals surface area contributed by atoms with Crippen LogP contribution in [0.5, 0.6) is 0 Å². The summed E-state index contributed by atoms with van der Waals surface area (Å²) in [6.07, 6.45) is 2.03. The maximum atomic E-state index is 6.16. The molecule has 0 radical (unpaired) electrons. The molecule has 0 bridgehead atoms. The van der Waals surface area contributed by atoms with E-state index >= 15 is 0 Å². The number of hydrogen-bond acceptors (Lipinski definition) is 1. The van der Waals surface area contributed by atoms with Crippen LogP contribution in [-0.2, 0) is 0 Å². The van der Waals surface area contributed by atoms with Crippen molar-refractivity contribution in [2.24, 2.45) is 4.99 Å². The van der Waals surface area contributed by atoms with E-state index in [1.54, 1.807) is 12.1 Å². The molecule has 0 spiro atoms. The number of aliphatic imine (C=N–C) groups is 1. The Labute approximate surface area is 147 Å². The molecule has 0 saturated heterocycles. The second-order valence-electron chi connectivity index (χ2n) is 5.66. The van der Waals surface area contributed by atoms with Gasteiger partial charge in [-0.1, -0.05) is 47.5 Å². The van der Waals surface area contributed by atoms with Gasteiger partial charge in [0.15, 0.2) is 0 Å². The normalized spacial score (nSPS) is 12.6. The van der Waals surface area contributed by atoms with Gasteiger partial charge in [0, 0.05) is 29.8 Å². The van der Waals surface area contributed by atoms with Crippen molar-refractivity contribution in [3.8, 4) is 0 Å². The van der Waals surface area contributed by atoms with Crippen molar-refractivity contribution < 1.29 is 5.32 Å². The van der Waals surface area contributed by atoms with Crippen LogP contribution in [0.1, 0.15) is 25.0 Å². The van der Waals surface area contributed by atoms with E-state index < -0.39 is 0 Å².